The molecule has 0 aromatic heterocycles. The molecule has 0 saturated heterocycles. The number of benzene rings is 2. The summed E-state index contributed by atoms with van der Waals surface area (Å²) in [6.07, 6.45) is 20.1. The highest BCUT2D eigenvalue weighted by Gasteiger charge is 2.08. The zero-order chi connectivity index (χ0) is 24.7. The van der Waals surface area contributed by atoms with Crippen LogP contribution in [0.2, 0.25) is 0 Å². The molecule has 0 spiro atoms. The first-order valence-corrected chi connectivity index (χ1v) is 13.1. The minimum atomic E-state index is -4.23. The van der Waals surface area contributed by atoms with Gasteiger partial charge in [0.05, 0.1) is 16.3 Å². The molecule has 0 atom stereocenters. The first kappa shape index (κ1) is 27.2. The summed E-state index contributed by atoms with van der Waals surface area (Å²) in [5.74, 6) is 0.193. The third kappa shape index (κ3) is 10.7. The number of phenolic OH excluding ortho intramolecular Hbond substituents is 1. The van der Waals surface area contributed by atoms with Gasteiger partial charge >= 0.3 is 0 Å². The second-order valence-electron chi connectivity index (χ2n) is 8.02. The van der Waals surface area contributed by atoms with E-state index in [1.54, 1.807) is 18.2 Å². The number of allylic oxidation sites excluding steroid dienone is 5. The Labute approximate surface area is 203 Å². The summed E-state index contributed by atoms with van der Waals surface area (Å²) < 4.78 is 31.3. The maximum atomic E-state index is 11.1. The number of aromatic hydroxyl groups is 1. The Morgan fingerprint density at radius 1 is 0.853 bits per heavy atom. The fraction of sp³-hybridized carbons (Fsp3) is 0.333. The monoisotopic (exact) mass is 482 g/mol. The molecule has 0 heterocycles. The van der Waals surface area contributed by atoms with Crippen LogP contribution in [0.1, 0.15) is 56.9 Å². The molecule has 2 rings (SSSR count). The van der Waals surface area contributed by atoms with E-state index < -0.39 is 10.1 Å². The van der Waals surface area contributed by atoms with E-state index in [4.69, 9.17) is 4.55 Å². The molecule has 0 fully saturated rings. The van der Waals surface area contributed by atoms with Crippen LogP contribution in [-0.4, -0.2) is 18.1 Å². The van der Waals surface area contributed by atoms with Gasteiger partial charge in [-0.15, -0.1) is 6.58 Å². The summed E-state index contributed by atoms with van der Waals surface area (Å²) in [5, 5.41) is 18.3. The molecular weight excluding hydrogens is 448 g/mol. The van der Waals surface area contributed by atoms with Gasteiger partial charge in [-0.25, -0.2) is 0 Å². The van der Waals surface area contributed by atoms with Crippen LogP contribution in [0.25, 0.3) is 0 Å². The molecule has 7 heteroatoms. The Morgan fingerprint density at radius 2 is 1.53 bits per heavy atom. The molecule has 182 valence electrons. The fourth-order valence-electron chi connectivity index (χ4n) is 3.38. The molecule has 0 aliphatic rings. The largest absolute Gasteiger partial charge is 0.508 e. The van der Waals surface area contributed by atoms with Gasteiger partial charge in [-0.05, 0) is 80.1 Å². The Hall–Kier alpha value is -3.03. The molecule has 0 aliphatic heterocycles. The average molecular weight is 483 g/mol. The van der Waals surface area contributed by atoms with Gasteiger partial charge in [0, 0.05) is 0 Å². The zero-order valence-corrected chi connectivity index (χ0v) is 20.3. The fourth-order valence-corrected chi connectivity index (χ4v) is 3.86. The van der Waals surface area contributed by atoms with Crippen molar-refractivity contribution in [1.82, 2.24) is 0 Å². The summed E-state index contributed by atoms with van der Waals surface area (Å²) in [6.45, 7) is 3.69. The van der Waals surface area contributed by atoms with Gasteiger partial charge in [0.15, 0.2) is 0 Å². The first-order valence-electron chi connectivity index (χ1n) is 11.6. The van der Waals surface area contributed by atoms with Crippen molar-refractivity contribution in [2.24, 2.45) is 10.2 Å². The van der Waals surface area contributed by atoms with E-state index >= 15 is 0 Å². The summed E-state index contributed by atoms with van der Waals surface area (Å²) >= 11 is 0. The Balaban J connectivity index is 1.75. The number of nitrogens with zero attached hydrogens (tertiary/aromatic N) is 2. The summed E-state index contributed by atoms with van der Waals surface area (Å²) in [4.78, 5) is -0.190. The second kappa shape index (κ2) is 15.0. The number of phenols is 1. The molecule has 2 N–H and O–H groups in total. The van der Waals surface area contributed by atoms with E-state index in [0.29, 0.717) is 11.4 Å². The van der Waals surface area contributed by atoms with E-state index in [1.165, 1.54) is 49.9 Å². The van der Waals surface area contributed by atoms with E-state index in [0.717, 1.165) is 37.7 Å². The Bertz CT molecular complexity index is 1090. The van der Waals surface area contributed by atoms with Crippen LogP contribution < -0.4 is 0 Å². The van der Waals surface area contributed by atoms with Gasteiger partial charge < -0.3 is 5.11 Å². The molecule has 0 amide bonds. The molecule has 2 aromatic rings. The first-order chi connectivity index (χ1) is 16.4. The maximum Gasteiger partial charge on any atom is 0.294 e. The van der Waals surface area contributed by atoms with Crippen LogP contribution in [0, 0.1) is 0 Å². The standard InChI is InChI=1S/C27H34N2O4S/c1-2-3-4-5-6-7-8-9-10-11-12-13-14-15-23-22-25(30)18-21-27(23)29-28-24-16-19-26(20-17-24)34(31,32)33/h2,4-7,16-22,30H,1,3,8-15H2,(H,31,32,33)/b5-4+,7-6+,29-28?. The number of hydrogen-bond donors (Lipinski definition) is 2. The highest BCUT2D eigenvalue weighted by atomic mass is 32.2. The van der Waals surface area contributed by atoms with Crippen molar-refractivity contribution in [1.29, 1.82) is 0 Å². The van der Waals surface area contributed by atoms with E-state index in [9.17, 15) is 13.5 Å². The lowest BCUT2D eigenvalue weighted by atomic mass is 10.0. The van der Waals surface area contributed by atoms with Gasteiger partial charge in [-0.3, -0.25) is 4.55 Å². The highest BCUT2D eigenvalue weighted by Crippen LogP contribution is 2.28. The number of hydrogen-bond acceptors (Lipinski definition) is 5. The molecule has 0 aliphatic carbocycles. The van der Waals surface area contributed by atoms with Crippen LogP contribution in [0.4, 0.5) is 11.4 Å². The zero-order valence-electron chi connectivity index (χ0n) is 19.5. The Kier molecular flexibility index (Phi) is 12.0. The Morgan fingerprint density at radius 3 is 2.24 bits per heavy atom. The quantitative estimate of drug-likeness (QED) is 0.0882. The van der Waals surface area contributed by atoms with Crippen LogP contribution in [0.15, 0.2) is 94.5 Å². The third-order valence-electron chi connectivity index (χ3n) is 5.22. The molecule has 0 radical (unpaired) electrons. The second-order valence-corrected chi connectivity index (χ2v) is 9.44. The van der Waals surface area contributed by atoms with Gasteiger partial charge in [0.2, 0.25) is 0 Å². The number of unbranched alkanes of at least 4 members (excludes halogenated alkanes) is 6. The number of azo groups is 1. The van der Waals surface area contributed by atoms with Crippen molar-refractivity contribution in [3.63, 3.8) is 0 Å². The minimum Gasteiger partial charge on any atom is -0.508 e. The van der Waals surface area contributed by atoms with Gasteiger partial charge in [0.1, 0.15) is 5.75 Å². The van der Waals surface area contributed by atoms with Crippen molar-refractivity contribution in [3.8, 4) is 5.75 Å². The third-order valence-corrected chi connectivity index (χ3v) is 6.09. The summed E-state index contributed by atoms with van der Waals surface area (Å²) in [7, 11) is -4.23. The summed E-state index contributed by atoms with van der Waals surface area (Å²) in [6, 6.07) is 10.5. The van der Waals surface area contributed by atoms with Crippen LogP contribution in [0.3, 0.4) is 0 Å². The molecule has 0 unspecified atom stereocenters. The molecule has 0 bridgehead atoms. The maximum absolute atomic E-state index is 11.1. The topological polar surface area (TPSA) is 99.3 Å². The van der Waals surface area contributed by atoms with Crippen molar-refractivity contribution in [2.75, 3.05) is 0 Å². The lowest BCUT2D eigenvalue weighted by molar-refractivity contribution is 0.474. The summed E-state index contributed by atoms with van der Waals surface area (Å²) in [5.41, 5.74) is 2.06. The van der Waals surface area contributed by atoms with Crippen molar-refractivity contribution in [2.45, 2.75) is 62.7 Å². The average Bonchev–Trinajstić information content (AvgIpc) is 2.81. The SMILES string of the molecule is C=CC/C=C/C=C/CCCCCCCCc1cc(O)ccc1N=Nc1ccc(S(=O)(=O)O)cc1. The van der Waals surface area contributed by atoms with Gasteiger partial charge in [-0.1, -0.05) is 56.1 Å². The van der Waals surface area contributed by atoms with E-state index in [1.807, 2.05) is 6.08 Å². The number of aryl methyl sites for hydroxylation is 1. The van der Waals surface area contributed by atoms with Crippen LogP contribution in [0.5, 0.6) is 5.75 Å². The van der Waals surface area contributed by atoms with E-state index in [-0.39, 0.29) is 10.6 Å². The van der Waals surface area contributed by atoms with Crippen molar-refractivity contribution >= 4 is 21.5 Å². The molecule has 34 heavy (non-hydrogen) atoms. The van der Waals surface area contributed by atoms with Gasteiger partial charge in [-0.2, -0.15) is 18.6 Å². The predicted octanol–water partition coefficient (Wildman–Crippen LogP) is 8.02. The van der Waals surface area contributed by atoms with Crippen LogP contribution in [-0.2, 0) is 16.5 Å². The lowest BCUT2D eigenvalue weighted by Crippen LogP contribution is -1.96. The number of rotatable bonds is 15. The lowest BCUT2D eigenvalue weighted by Gasteiger charge is -2.06. The van der Waals surface area contributed by atoms with Gasteiger partial charge in [0.25, 0.3) is 10.1 Å². The van der Waals surface area contributed by atoms with Crippen molar-refractivity contribution < 1.29 is 18.1 Å². The molecule has 0 saturated carbocycles. The van der Waals surface area contributed by atoms with E-state index in [2.05, 4.69) is 41.1 Å². The van der Waals surface area contributed by atoms with Crippen LogP contribution >= 0.6 is 0 Å². The highest BCUT2D eigenvalue weighted by molar-refractivity contribution is 7.85. The molecular formula is C27H34N2O4S. The van der Waals surface area contributed by atoms with Crippen molar-refractivity contribution in [3.05, 3.63) is 85.0 Å². The smallest absolute Gasteiger partial charge is 0.294 e. The molecule has 6 nitrogen and oxygen atoms in total. The minimum absolute atomic E-state index is 0.190. The molecule has 2 aromatic carbocycles. The predicted molar refractivity (Wildman–Crippen MR) is 138 cm³/mol. The normalized spacial score (nSPS) is 12.3.